The van der Waals surface area contributed by atoms with Gasteiger partial charge in [-0.1, -0.05) is 47.7 Å². The van der Waals surface area contributed by atoms with E-state index in [4.69, 9.17) is 19.9 Å². The zero-order valence-corrected chi connectivity index (χ0v) is 20.1. The van der Waals surface area contributed by atoms with Crippen LogP contribution < -0.4 is 30.1 Å². The van der Waals surface area contributed by atoms with Crippen LogP contribution in [0.5, 0.6) is 11.5 Å². The third kappa shape index (κ3) is 4.73. The van der Waals surface area contributed by atoms with Crippen molar-refractivity contribution in [3.63, 3.8) is 0 Å². The fraction of sp³-hybridized carbons (Fsp3) is 0.200. The standard InChI is InChI=1S/C25H23N3O6S/c1-14-21(24(31)33-3)22(16-7-5-4-6-8-16)28-23(30)19(35-25(28)27-14)12-15-9-10-17(18(11-15)32-2)34-13-20(26)29/h4-12,22H,13H2,1-3H3,(H2,26,29)/b19-12+. The van der Waals surface area contributed by atoms with E-state index in [1.807, 2.05) is 30.3 Å². The topological polar surface area (TPSA) is 122 Å². The monoisotopic (exact) mass is 493 g/mol. The lowest BCUT2D eigenvalue weighted by molar-refractivity contribution is -0.136. The molecule has 10 heteroatoms. The van der Waals surface area contributed by atoms with Gasteiger partial charge in [-0.3, -0.25) is 14.2 Å². The summed E-state index contributed by atoms with van der Waals surface area (Å²) in [5.74, 6) is -0.399. The first-order valence-electron chi connectivity index (χ1n) is 10.6. The first-order chi connectivity index (χ1) is 16.8. The van der Waals surface area contributed by atoms with Crippen molar-refractivity contribution in [2.24, 2.45) is 10.7 Å². The number of esters is 1. The second kappa shape index (κ2) is 9.98. The maximum Gasteiger partial charge on any atom is 0.338 e. The maximum atomic E-state index is 13.6. The van der Waals surface area contributed by atoms with Crippen molar-refractivity contribution in [2.75, 3.05) is 20.8 Å². The van der Waals surface area contributed by atoms with Crippen molar-refractivity contribution in [1.29, 1.82) is 0 Å². The van der Waals surface area contributed by atoms with Gasteiger partial charge in [0.25, 0.3) is 11.5 Å². The minimum atomic E-state index is -0.666. The number of rotatable bonds is 7. The van der Waals surface area contributed by atoms with Crippen molar-refractivity contribution in [1.82, 2.24) is 4.57 Å². The molecule has 1 atom stereocenters. The maximum absolute atomic E-state index is 13.6. The SMILES string of the molecule is COC(=O)C1=C(C)N=c2s/c(=C/c3ccc(OCC(N)=O)c(OC)c3)c(=O)n2C1c1ccccc1. The van der Waals surface area contributed by atoms with Crippen LogP contribution in [0.25, 0.3) is 6.08 Å². The molecule has 1 amide bonds. The van der Waals surface area contributed by atoms with Crippen LogP contribution >= 0.6 is 11.3 Å². The molecule has 2 heterocycles. The molecule has 0 aliphatic carbocycles. The number of ether oxygens (including phenoxy) is 3. The van der Waals surface area contributed by atoms with E-state index in [1.54, 1.807) is 31.2 Å². The van der Waals surface area contributed by atoms with Crippen molar-refractivity contribution >= 4 is 29.3 Å². The summed E-state index contributed by atoms with van der Waals surface area (Å²) in [7, 11) is 2.78. The number of primary amides is 1. The molecule has 1 unspecified atom stereocenters. The smallest absolute Gasteiger partial charge is 0.338 e. The van der Waals surface area contributed by atoms with Gasteiger partial charge in [-0.05, 0) is 36.3 Å². The molecule has 1 aliphatic heterocycles. The number of carbonyl (C=O) groups is 2. The molecular weight excluding hydrogens is 470 g/mol. The molecule has 180 valence electrons. The van der Waals surface area contributed by atoms with E-state index in [-0.39, 0.29) is 12.2 Å². The quantitative estimate of drug-likeness (QED) is 0.495. The summed E-state index contributed by atoms with van der Waals surface area (Å²) in [6.07, 6.45) is 1.71. The Morgan fingerprint density at radius 1 is 1.14 bits per heavy atom. The number of methoxy groups -OCH3 is 2. The van der Waals surface area contributed by atoms with Crippen LogP contribution in [0, 0.1) is 0 Å². The number of allylic oxidation sites excluding steroid dienone is 1. The van der Waals surface area contributed by atoms with Crippen molar-refractivity contribution in [3.05, 3.63) is 90.6 Å². The van der Waals surface area contributed by atoms with Gasteiger partial charge in [0.2, 0.25) is 0 Å². The highest BCUT2D eigenvalue weighted by molar-refractivity contribution is 7.07. The number of benzene rings is 2. The Morgan fingerprint density at radius 3 is 2.54 bits per heavy atom. The summed E-state index contributed by atoms with van der Waals surface area (Å²) in [4.78, 5) is 42.3. The van der Waals surface area contributed by atoms with Gasteiger partial charge in [-0.15, -0.1) is 0 Å². The zero-order valence-electron chi connectivity index (χ0n) is 19.3. The van der Waals surface area contributed by atoms with Crippen molar-refractivity contribution in [2.45, 2.75) is 13.0 Å². The van der Waals surface area contributed by atoms with E-state index >= 15 is 0 Å². The number of amides is 1. The van der Waals surface area contributed by atoms with E-state index in [0.717, 1.165) is 5.56 Å². The zero-order chi connectivity index (χ0) is 25.1. The van der Waals surface area contributed by atoms with Gasteiger partial charge in [-0.2, -0.15) is 0 Å². The number of carbonyl (C=O) groups excluding carboxylic acids is 2. The Kier molecular flexibility index (Phi) is 6.83. The molecule has 2 N–H and O–H groups in total. The molecule has 1 aliphatic rings. The predicted molar refractivity (Wildman–Crippen MR) is 130 cm³/mol. The van der Waals surface area contributed by atoms with Crippen molar-refractivity contribution in [3.8, 4) is 11.5 Å². The molecule has 9 nitrogen and oxygen atoms in total. The number of fused-ring (bicyclic) bond motifs is 1. The second-order valence-electron chi connectivity index (χ2n) is 7.65. The molecule has 0 fully saturated rings. The van der Waals surface area contributed by atoms with E-state index < -0.39 is 17.9 Å². The number of aromatic nitrogens is 1. The Morgan fingerprint density at radius 2 is 1.89 bits per heavy atom. The molecule has 0 saturated carbocycles. The van der Waals surface area contributed by atoms with E-state index in [0.29, 0.717) is 37.7 Å². The average Bonchev–Trinajstić information content (AvgIpc) is 3.16. The van der Waals surface area contributed by atoms with Gasteiger partial charge in [0.1, 0.15) is 0 Å². The van der Waals surface area contributed by atoms with E-state index in [2.05, 4.69) is 4.99 Å². The van der Waals surface area contributed by atoms with Gasteiger partial charge < -0.3 is 19.9 Å². The molecule has 1 aromatic heterocycles. The highest BCUT2D eigenvalue weighted by Crippen LogP contribution is 2.31. The lowest BCUT2D eigenvalue weighted by atomic mass is 9.96. The van der Waals surface area contributed by atoms with Crippen LogP contribution in [0.2, 0.25) is 0 Å². The normalized spacial score (nSPS) is 15.3. The number of thiazole rings is 1. The fourth-order valence-electron chi connectivity index (χ4n) is 3.84. The van der Waals surface area contributed by atoms with Crippen LogP contribution in [0.15, 0.2) is 69.6 Å². The molecule has 0 saturated heterocycles. The lowest BCUT2D eigenvalue weighted by Gasteiger charge is -2.24. The van der Waals surface area contributed by atoms with Crippen LogP contribution in [0.3, 0.4) is 0 Å². The molecule has 4 rings (SSSR count). The van der Waals surface area contributed by atoms with Crippen molar-refractivity contribution < 1.29 is 23.8 Å². The lowest BCUT2D eigenvalue weighted by Crippen LogP contribution is -2.39. The third-order valence-corrected chi connectivity index (χ3v) is 6.38. The van der Waals surface area contributed by atoms with Gasteiger partial charge >= 0.3 is 5.97 Å². The molecule has 2 aromatic carbocycles. The minimum Gasteiger partial charge on any atom is -0.493 e. The predicted octanol–water partition coefficient (Wildman–Crippen LogP) is 1.28. The molecular formula is C25H23N3O6S. The summed E-state index contributed by atoms with van der Waals surface area (Å²) in [6, 6.07) is 13.7. The number of nitrogens with zero attached hydrogens (tertiary/aromatic N) is 2. The van der Waals surface area contributed by atoms with Gasteiger partial charge in [-0.25, -0.2) is 9.79 Å². The molecule has 0 radical (unpaired) electrons. The fourth-order valence-corrected chi connectivity index (χ4v) is 4.88. The van der Waals surface area contributed by atoms with Gasteiger partial charge in [0.05, 0.1) is 36.1 Å². The molecule has 0 spiro atoms. The largest absolute Gasteiger partial charge is 0.493 e. The summed E-state index contributed by atoms with van der Waals surface area (Å²) in [5, 5.41) is 0. The minimum absolute atomic E-state index is 0.282. The third-order valence-electron chi connectivity index (χ3n) is 5.40. The number of hydrogen-bond acceptors (Lipinski definition) is 8. The Hall–Kier alpha value is -4.18. The van der Waals surface area contributed by atoms with Gasteiger partial charge in [0, 0.05) is 0 Å². The van der Waals surface area contributed by atoms with E-state index in [1.165, 1.54) is 30.1 Å². The number of hydrogen-bond donors (Lipinski definition) is 1. The summed E-state index contributed by atoms with van der Waals surface area (Å²) in [5.41, 5.74) is 7.12. The molecule has 35 heavy (non-hydrogen) atoms. The first kappa shape index (κ1) is 24.0. The highest BCUT2D eigenvalue weighted by Gasteiger charge is 2.32. The Labute approximate surface area is 204 Å². The van der Waals surface area contributed by atoms with Crippen LogP contribution in [0.4, 0.5) is 0 Å². The summed E-state index contributed by atoms with van der Waals surface area (Å²) >= 11 is 1.22. The summed E-state index contributed by atoms with van der Waals surface area (Å²) in [6.45, 7) is 1.45. The average molecular weight is 494 g/mol. The Bertz CT molecular complexity index is 1500. The van der Waals surface area contributed by atoms with Crippen LogP contribution in [-0.2, 0) is 14.3 Å². The molecule has 0 bridgehead atoms. The first-order valence-corrected chi connectivity index (χ1v) is 11.4. The summed E-state index contributed by atoms with van der Waals surface area (Å²) < 4.78 is 17.7. The van der Waals surface area contributed by atoms with E-state index in [9.17, 15) is 14.4 Å². The van der Waals surface area contributed by atoms with Crippen LogP contribution in [0.1, 0.15) is 24.1 Å². The second-order valence-corrected chi connectivity index (χ2v) is 8.66. The Balaban J connectivity index is 1.84. The molecule has 3 aromatic rings. The highest BCUT2D eigenvalue weighted by atomic mass is 32.1. The number of nitrogens with two attached hydrogens (primary N) is 1. The van der Waals surface area contributed by atoms with Crippen LogP contribution in [-0.4, -0.2) is 37.3 Å². The van der Waals surface area contributed by atoms with Gasteiger partial charge in [0.15, 0.2) is 22.9 Å².